The van der Waals surface area contributed by atoms with E-state index in [9.17, 15) is 4.39 Å². The second kappa shape index (κ2) is 8.90. The third kappa shape index (κ3) is 4.17. The van der Waals surface area contributed by atoms with Crippen molar-refractivity contribution in [1.29, 1.82) is 0 Å². The van der Waals surface area contributed by atoms with Gasteiger partial charge in [-0.05, 0) is 45.1 Å². The van der Waals surface area contributed by atoms with Crippen molar-refractivity contribution < 1.29 is 14.2 Å². The zero-order chi connectivity index (χ0) is 22.2. The Morgan fingerprint density at radius 1 is 1.22 bits per heavy atom. The summed E-state index contributed by atoms with van der Waals surface area (Å²) < 4.78 is 20.1. The fourth-order valence-electron chi connectivity index (χ4n) is 4.28. The highest BCUT2D eigenvalue weighted by Gasteiger charge is 2.30. The molecular weight excluding hydrogens is 456 g/mol. The van der Waals surface area contributed by atoms with Crippen LogP contribution < -0.4 is 16.2 Å². The zero-order valence-corrected chi connectivity index (χ0v) is 19.2. The molecule has 0 atom stereocenters. The van der Waals surface area contributed by atoms with E-state index in [1.54, 1.807) is 0 Å². The average Bonchev–Trinajstić information content (AvgIpc) is 3.30. The van der Waals surface area contributed by atoms with Gasteiger partial charge in [-0.15, -0.1) is 10.2 Å². The lowest BCUT2D eigenvalue weighted by Gasteiger charge is -2.34. The number of benzene rings is 1. The van der Waals surface area contributed by atoms with E-state index in [0.29, 0.717) is 41.4 Å². The number of nitrogens with one attached hydrogen (secondary N) is 2. The van der Waals surface area contributed by atoms with Crippen molar-refractivity contribution in [3.8, 4) is 0 Å². The van der Waals surface area contributed by atoms with Gasteiger partial charge in [0.15, 0.2) is 5.82 Å². The van der Waals surface area contributed by atoms with Gasteiger partial charge in [0.2, 0.25) is 11.6 Å². The number of nitrogens with two attached hydrogens (primary N) is 1. The van der Waals surface area contributed by atoms with Gasteiger partial charge in [0, 0.05) is 42.2 Å². The summed E-state index contributed by atoms with van der Waals surface area (Å²) in [5.41, 5.74) is 7.39. The smallest absolute Gasteiger partial charge is 0.305 e. The molecular formula is C21H25Cl2FN7O+. The number of quaternary nitrogens is 1. The summed E-state index contributed by atoms with van der Waals surface area (Å²) in [6, 6.07) is 2.82. The third-order valence-electron chi connectivity index (χ3n) is 6.19. The maximum absolute atomic E-state index is 14.0. The number of piperidine rings is 1. The molecule has 11 heteroatoms. The lowest BCUT2D eigenvalue weighted by molar-refractivity contribution is -0.621. The Morgan fingerprint density at radius 2 is 2.03 bits per heavy atom. The first-order valence-corrected chi connectivity index (χ1v) is 11.4. The van der Waals surface area contributed by atoms with Crippen molar-refractivity contribution in [3.63, 3.8) is 0 Å². The van der Waals surface area contributed by atoms with Crippen molar-refractivity contribution in [2.24, 2.45) is 0 Å². The Morgan fingerprint density at radius 3 is 2.84 bits per heavy atom. The summed E-state index contributed by atoms with van der Waals surface area (Å²) in [7, 11) is 2.13. The molecule has 4 heterocycles. The predicted molar refractivity (Wildman–Crippen MR) is 119 cm³/mol. The monoisotopic (exact) mass is 480 g/mol. The summed E-state index contributed by atoms with van der Waals surface area (Å²) in [6.45, 7) is 3.88. The molecule has 0 bridgehead atoms. The third-order valence-corrected chi connectivity index (χ3v) is 6.95. The van der Waals surface area contributed by atoms with Crippen LogP contribution in [0.15, 0.2) is 34.1 Å². The highest BCUT2D eigenvalue weighted by atomic mass is 35.5. The molecule has 0 radical (unpaired) electrons. The van der Waals surface area contributed by atoms with Crippen molar-refractivity contribution in [2.45, 2.75) is 25.3 Å². The van der Waals surface area contributed by atoms with Crippen molar-refractivity contribution in [1.82, 2.24) is 30.7 Å². The highest BCUT2D eigenvalue weighted by molar-refractivity contribution is 6.36. The van der Waals surface area contributed by atoms with E-state index in [2.05, 4.69) is 37.8 Å². The topological polar surface area (TPSA) is 86.1 Å². The molecule has 0 saturated carbocycles. The van der Waals surface area contributed by atoms with E-state index in [1.807, 2.05) is 11.5 Å². The largest absolute Gasteiger partial charge is 0.416 e. The van der Waals surface area contributed by atoms with Crippen LogP contribution in [0, 0.1) is 5.82 Å². The number of likely N-dealkylation sites (tertiary alicyclic amines) is 1. The van der Waals surface area contributed by atoms with Gasteiger partial charge in [0.25, 0.3) is 0 Å². The molecule has 5 rings (SSSR count). The highest BCUT2D eigenvalue weighted by Crippen LogP contribution is 2.31. The van der Waals surface area contributed by atoms with Crippen molar-refractivity contribution in [2.75, 3.05) is 33.2 Å². The molecule has 1 aromatic heterocycles. The maximum Gasteiger partial charge on any atom is 0.305 e. The quantitative estimate of drug-likeness (QED) is 0.455. The number of halogens is 3. The van der Waals surface area contributed by atoms with Gasteiger partial charge in [-0.1, -0.05) is 23.2 Å². The lowest BCUT2D eigenvalue weighted by atomic mass is 9.97. The fourth-order valence-corrected chi connectivity index (χ4v) is 4.77. The molecule has 1 fully saturated rings. The molecule has 1 saturated heterocycles. The number of allylic oxidation sites excluding steroid dienone is 1. The lowest BCUT2D eigenvalue weighted by Crippen LogP contribution is -2.92. The van der Waals surface area contributed by atoms with Gasteiger partial charge < -0.3 is 19.5 Å². The van der Waals surface area contributed by atoms with Crippen LogP contribution in [-0.4, -0.2) is 53.2 Å². The molecule has 0 spiro atoms. The number of aromatic nitrogens is 2. The van der Waals surface area contributed by atoms with Crippen LogP contribution in [0.3, 0.4) is 0 Å². The summed E-state index contributed by atoms with van der Waals surface area (Å²) >= 11 is 12.5. The normalized spacial score (nSPS) is 20.0. The van der Waals surface area contributed by atoms with Crippen LogP contribution >= 0.6 is 23.2 Å². The minimum atomic E-state index is -0.478. The summed E-state index contributed by atoms with van der Waals surface area (Å²) in [6.07, 6.45) is 4.02. The van der Waals surface area contributed by atoms with Crippen LogP contribution in [0.25, 0.3) is 5.70 Å². The molecule has 1 aromatic carbocycles. The molecule has 0 unspecified atom stereocenters. The fraction of sp³-hybridized carbons (Fsp3) is 0.429. The first kappa shape index (κ1) is 21.5. The Labute approximate surface area is 195 Å². The minimum absolute atomic E-state index is 0.0531. The molecule has 3 aliphatic rings. The van der Waals surface area contributed by atoms with Crippen LogP contribution in [0.1, 0.15) is 36.1 Å². The maximum atomic E-state index is 14.0. The van der Waals surface area contributed by atoms with E-state index in [4.69, 9.17) is 27.6 Å². The summed E-state index contributed by atoms with van der Waals surface area (Å²) in [5.74, 6) is 1.85. The molecule has 0 amide bonds. The summed E-state index contributed by atoms with van der Waals surface area (Å²) in [5, 5.41) is 12.5. The average molecular weight is 481 g/mol. The van der Waals surface area contributed by atoms with E-state index in [0.717, 1.165) is 49.7 Å². The molecule has 32 heavy (non-hydrogen) atoms. The van der Waals surface area contributed by atoms with Gasteiger partial charge in [-0.3, -0.25) is 0 Å². The second-order valence-electron chi connectivity index (χ2n) is 8.34. The number of hydrogen-bond donors (Lipinski definition) is 3. The first-order chi connectivity index (χ1) is 15.5. The molecule has 0 aliphatic carbocycles. The van der Waals surface area contributed by atoms with Crippen LogP contribution in [0.2, 0.25) is 10.0 Å². The zero-order valence-electron chi connectivity index (χ0n) is 17.7. The van der Waals surface area contributed by atoms with Gasteiger partial charge in [0.1, 0.15) is 5.82 Å². The van der Waals surface area contributed by atoms with Crippen LogP contribution in [-0.2, 0) is 6.54 Å². The number of rotatable bonds is 4. The van der Waals surface area contributed by atoms with Gasteiger partial charge in [0.05, 0.1) is 10.7 Å². The number of nitrogens with zero attached hydrogens (tertiary/aromatic N) is 4. The van der Waals surface area contributed by atoms with Gasteiger partial charge in [-0.2, -0.15) is 0 Å². The van der Waals surface area contributed by atoms with Crippen molar-refractivity contribution in [3.05, 3.63) is 62.9 Å². The standard InChI is InChI=1S/C21H24Cl2FN7O/c1-30-7-4-12(5-8-30)20-28-29-21(32-20)16-10-17-19(27-26-16)25-6-9-31(17)11-13-14(22)2-3-15(24)18(13)23/h2-3,10,12,25-27H,4-9,11H2,1H3/p+1. The molecule has 170 valence electrons. The van der Waals surface area contributed by atoms with Gasteiger partial charge >= 0.3 is 5.89 Å². The molecule has 2 aromatic rings. The van der Waals surface area contributed by atoms with E-state index in [-0.39, 0.29) is 5.02 Å². The van der Waals surface area contributed by atoms with Crippen LogP contribution in [0.4, 0.5) is 4.39 Å². The van der Waals surface area contributed by atoms with E-state index in [1.165, 1.54) is 12.1 Å². The Bertz CT molecular complexity index is 1080. The molecule has 8 nitrogen and oxygen atoms in total. The van der Waals surface area contributed by atoms with Gasteiger partial charge in [-0.25, -0.2) is 15.2 Å². The number of hydrogen-bond acceptors (Lipinski definition) is 7. The molecule has 3 aliphatic heterocycles. The van der Waals surface area contributed by atoms with E-state index >= 15 is 0 Å². The first-order valence-electron chi connectivity index (χ1n) is 10.7. The molecule has 4 N–H and O–H groups in total. The minimum Gasteiger partial charge on any atom is -0.416 e. The second-order valence-corrected chi connectivity index (χ2v) is 9.13. The Kier molecular flexibility index (Phi) is 5.98. The van der Waals surface area contributed by atoms with E-state index < -0.39 is 5.82 Å². The summed E-state index contributed by atoms with van der Waals surface area (Å²) in [4.78, 5) is 4.41. The Hall–Kier alpha value is -2.33. The predicted octanol–water partition coefficient (Wildman–Crippen LogP) is 2.02. The van der Waals surface area contributed by atoms with Crippen molar-refractivity contribution >= 4 is 28.9 Å². The Balaban J connectivity index is 1.39. The SMILES string of the molecule is CN1CCC(c2nnc(C3=CC4=C(NCCN4Cc4c(Cl)ccc(F)c4Cl)N[NH2+]3)o2)CC1. The van der Waals surface area contributed by atoms with Crippen LogP contribution in [0.5, 0.6) is 0 Å².